The summed E-state index contributed by atoms with van der Waals surface area (Å²) in [4.78, 5) is 37.0. The van der Waals surface area contributed by atoms with E-state index in [9.17, 15) is 14.4 Å². The number of amides is 2. The number of esters is 1. The summed E-state index contributed by atoms with van der Waals surface area (Å²) in [5.41, 5.74) is 1.34. The maximum atomic E-state index is 12.6. The topological polar surface area (TPSA) is 84.5 Å². The van der Waals surface area contributed by atoms with Crippen LogP contribution in [0.25, 0.3) is 0 Å². The molecule has 1 atom stereocenters. The van der Waals surface area contributed by atoms with E-state index in [0.29, 0.717) is 11.3 Å². The molecule has 2 aromatic carbocycles. The third-order valence-corrected chi connectivity index (χ3v) is 5.34. The Bertz CT molecular complexity index is 835. The zero-order chi connectivity index (χ0) is 22.0. The number of nitrogens with one attached hydrogen (secondary N) is 2. The first-order valence-electron chi connectivity index (χ1n) is 9.72. The van der Waals surface area contributed by atoms with E-state index in [2.05, 4.69) is 10.6 Å². The average molecular weight is 429 g/mol. The fraction of sp³-hybridized carbons (Fsp3) is 0.348. The minimum atomic E-state index is -0.806. The van der Waals surface area contributed by atoms with Gasteiger partial charge in [-0.1, -0.05) is 69.3 Å². The first-order valence-corrected chi connectivity index (χ1v) is 10.7. The Labute approximate surface area is 181 Å². The van der Waals surface area contributed by atoms with Crippen LogP contribution < -0.4 is 10.6 Å². The summed E-state index contributed by atoms with van der Waals surface area (Å²) in [6, 6.07) is 17.2. The molecule has 6 nitrogen and oxygen atoms in total. The standard InChI is InChI=1S/C23H28N2O4S/c1-23(2,3)30-16-19(22(28)29-15-17-10-6-4-7-11-17)25-20(26)14-24-21(27)18-12-8-5-9-13-18/h4-13,19H,14-16H2,1-3H3,(H,24,27)(H,25,26). The fourth-order valence-corrected chi connectivity index (χ4v) is 3.31. The van der Waals surface area contributed by atoms with E-state index in [1.807, 2.05) is 57.2 Å². The summed E-state index contributed by atoms with van der Waals surface area (Å²) in [6.45, 7) is 6.01. The SMILES string of the molecule is CC(C)(C)SCC(NC(=O)CNC(=O)c1ccccc1)C(=O)OCc1ccccc1. The predicted molar refractivity (Wildman–Crippen MR) is 119 cm³/mol. The van der Waals surface area contributed by atoms with Crippen molar-refractivity contribution in [3.05, 3.63) is 71.8 Å². The Morgan fingerprint density at radius 3 is 2.17 bits per heavy atom. The van der Waals surface area contributed by atoms with Gasteiger partial charge in [0.2, 0.25) is 5.91 Å². The van der Waals surface area contributed by atoms with Crippen molar-refractivity contribution in [1.29, 1.82) is 0 Å². The van der Waals surface area contributed by atoms with E-state index < -0.39 is 17.9 Å². The van der Waals surface area contributed by atoms with E-state index in [4.69, 9.17) is 4.74 Å². The molecule has 0 aliphatic heterocycles. The molecule has 0 aromatic heterocycles. The van der Waals surface area contributed by atoms with Crippen molar-refractivity contribution < 1.29 is 19.1 Å². The Morgan fingerprint density at radius 2 is 1.57 bits per heavy atom. The number of benzene rings is 2. The van der Waals surface area contributed by atoms with Crippen molar-refractivity contribution in [3.63, 3.8) is 0 Å². The summed E-state index contributed by atoms with van der Waals surface area (Å²) < 4.78 is 5.32. The first-order chi connectivity index (χ1) is 14.2. The fourth-order valence-electron chi connectivity index (χ4n) is 2.43. The van der Waals surface area contributed by atoms with Gasteiger partial charge in [0.15, 0.2) is 0 Å². The van der Waals surface area contributed by atoms with Crippen LogP contribution in [0, 0.1) is 0 Å². The molecule has 0 fully saturated rings. The first kappa shape index (κ1) is 23.5. The van der Waals surface area contributed by atoms with Crippen molar-refractivity contribution in [1.82, 2.24) is 10.6 Å². The molecule has 0 spiro atoms. The molecule has 0 bridgehead atoms. The highest BCUT2D eigenvalue weighted by Gasteiger charge is 2.25. The van der Waals surface area contributed by atoms with Gasteiger partial charge in [0.25, 0.3) is 5.91 Å². The highest BCUT2D eigenvalue weighted by Crippen LogP contribution is 2.24. The molecule has 0 aliphatic rings. The van der Waals surface area contributed by atoms with Gasteiger partial charge in [-0.15, -0.1) is 0 Å². The second-order valence-corrected chi connectivity index (χ2v) is 9.53. The summed E-state index contributed by atoms with van der Waals surface area (Å²) in [5.74, 6) is -0.929. The van der Waals surface area contributed by atoms with E-state index in [1.165, 1.54) is 0 Å². The van der Waals surface area contributed by atoms with Crippen molar-refractivity contribution in [2.45, 2.75) is 38.2 Å². The van der Waals surface area contributed by atoms with Crippen molar-refractivity contribution >= 4 is 29.5 Å². The lowest BCUT2D eigenvalue weighted by Crippen LogP contribution is -2.47. The molecule has 0 saturated heterocycles. The van der Waals surface area contributed by atoms with Gasteiger partial charge in [-0.05, 0) is 17.7 Å². The lowest BCUT2D eigenvalue weighted by molar-refractivity contribution is -0.148. The number of ether oxygens (including phenoxy) is 1. The number of hydrogen-bond acceptors (Lipinski definition) is 5. The van der Waals surface area contributed by atoms with E-state index >= 15 is 0 Å². The monoisotopic (exact) mass is 428 g/mol. The average Bonchev–Trinajstić information content (AvgIpc) is 2.74. The van der Waals surface area contributed by atoms with Gasteiger partial charge in [-0.3, -0.25) is 9.59 Å². The van der Waals surface area contributed by atoms with E-state index in [1.54, 1.807) is 36.0 Å². The Kier molecular flexibility index (Phi) is 8.92. The van der Waals surface area contributed by atoms with Gasteiger partial charge in [-0.25, -0.2) is 4.79 Å². The highest BCUT2D eigenvalue weighted by molar-refractivity contribution is 8.00. The molecular formula is C23H28N2O4S. The van der Waals surface area contributed by atoms with Crippen LogP contribution in [-0.4, -0.2) is 40.9 Å². The molecule has 1 unspecified atom stereocenters. The van der Waals surface area contributed by atoms with Crippen LogP contribution in [0.4, 0.5) is 0 Å². The van der Waals surface area contributed by atoms with Crippen LogP contribution in [0.3, 0.4) is 0 Å². The van der Waals surface area contributed by atoms with Gasteiger partial charge in [0.05, 0.1) is 6.54 Å². The highest BCUT2D eigenvalue weighted by atomic mass is 32.2. The van der Waals surface area contributed by atoms with Crippen LogP contribution in [-0.2, 0) is 20.9 Å². The Hall–Kier alpha value is -2.80. The van der Waals surface area contributed by atoms with Crippen molar-refractivity contribution in [3.8, 4) is 0 Å². The number of carbonyl (C=O) groups is 3. The maximum absolute atomic E-state index is 12.6. The van der Waals surface area contributed by atoms with Crippen LogP contribution in [0.2, 0.25) is 0 Å². The second-order valence-electron chi connectivity index (χ2n) is 7.69. The van der Waals surface area contributed by atoms with Crippen molar-refractivity contribution in [2.24, 2.45) is 0 Å². The van der Waals surface area contributed by atoms with Crippen LogP contribution in [0.5, 0.6) is 0 Å². The summed E-state index contributed by atoms with van der Waals surface area (Å²) >= 11 is 1.55. The molecule has 2 N–H and O–H groups in total. The third-order valence-electron chi connectivity index (χ3n) is 3.97. The second kappa shape index (κ2) is 11.4. The molecular weight excluding hydrogens is 400 g/mol. The summed E-state index contributed by atoms with van der Waals surface area (Å²) in [5, 5.41) is 5.25. The number of hydrogen-bond donors (Lipinski definition) is 2. The largest absolute Gasteiger partial charge is 0.459 e. The van der Waals surface area contributed by atoms with E-state index in [0.717, 1.165) is 5.56 Å². The molecule has 2 aromatic rings. The molecule has 0 heterocycles. The molecule has 7 heteroatoms. The molecule has 160 valence electrons. The normalized spacial score (nSPS) is 12.0. The molecule has 30 heavy (non-hydrogen) atoms. The molecule has 0 aliphatic carbocycles. The smallest absolute Gasteiger partial charge is 0.329 e. The van der Waals surface area contributed by atoms with Crippen LogP contribution in [0.1, 0.15) is 36.7 Å². The van der Waals surface area contributed by atoms with Crippen LogP contribution in [0.15, 0.2) is 60.7 Å². The predicted octanol–water partition coefficient (Wildman–Crippen LogP) is 3.18. The molecule has 0 saturated carbocycles. The van der Waals surface area contributed by atoms with Gasteiger partial charge in [0.1, 0.15) is 12.6 Å². The minimum Gasteiger partial charge on any atom is -0.459 e. The summed E-state index contributed by atoms with van der Waals surface area (Å²) in [6.07, 6.45) is 0. The molecule has 2 amide bonds. The Balaban J connectivity index is 1.91. The number of carbonyl (C=O) groups excluding carboxylic acids is 3. The Morgan fingerprint density at radius 1 is 0.967 bits per heavy atom. The third kappa shape index (κ3) is 8.69. The minimum absolute atomic E-state index is 0.0792. The van der Waals surface area contributed by atoms with Gasteiger partial charge in [0, 0.05) is 16.1 Å². The number of rotatable bonds is 9. The molecule has 0 radical (unpaired) electrons. The lowest BCUT2D eigenvalue weighted by Gasteiger charge is -2.23. The van der Waals surface area contributed by atoms with Crippen molar-refractivity contribution in [2.75, 3.05) is 12.3 Å². The molecule has 2 rings (SSSR count). The quantitative estimate of drug-likeness (QED) is 0.600. The number of thioether (sulfide) groups is 1. The van der Waals surface area contributed by atoms with Crippen LogP contribution >= 0.6 is 11.8 Å². The van der Waals surface area contributed by atoms with Gasteiger partial charge >= 0.3 is 5.97 Å². The van der Waals surface area contributed by atoms with Gasteiger partial charge in [-0.2, -0.15) is 11.8 Å². The van der Waals surface area contributed by atoms with Gasteiger partial charge < -0.3 is 15.4 Å². The lowest BCUT2D eigenvalue weighted by atomic mass is 10.2. The maximum Gasteiger partial charge on any atom is 0.329 e. The van der Waals surface area contributed by atoms with E-state index in [-0.39, 0.29) is 23.8 Å². The summed E-state index contributed by atoms with van der Waals surface area (Å²) in [7, 11) is 0. The zero-order valence-electron chi connectivity index (χ0n) is 17.5. The zero-order valence-corrected chi connectivity index (χ0v) is 18.3.